The van der Waals surface area contributed by atoms with Gasteiger partial charge in [-0.2, -0.15) is 0 Å². The quantitative estimate of drug-likeness (QED) is 0.849. The van der Waals surface area contributed by atoms with E-state index < -0.39 is 5.60 Å². The predicted octanol–water partition coefficient (Wildman–Crippen LogP) is 1.57. The van der Waals surface area contributed by atoms with E-state index in [1.807, 2.05) is 32.0 Å². The number of aromatic nitrogens is 2. The van der Waals surface area contributed by atoms with Crippen molar-refractivity contribution in [3.63, 3.8) is 0 Å². The van der Waals surface area contributed by atoms with E-state index in [0.717, 1.165) is 43.1 Å². The Balaban J connectivity index is 2.12. The fourth-order valence-corrected chi connectivity index (χ4v) is 2.59. The Morgan fingerprint density at radius 1 is 1.39 bits per heavy atom. The van der Waals surface area contributed by atoms with Gasteiger partial charge >= 0.3 is 0 Å². The molecule has 0 aromatic carbocycles. The van der Waals surface area contributed by atoms with Gasteiger partial charge in [-0.25, -0.2) is 9.97 Å². The smallest absolute Gasteiger partial charge is 0.134 e. The van der Waals surface area contributed by atoms with Crippen LogP contribution in [0, 0.1) is 6.92 Å². The average molecular weight is 250 g/mol. The number of hydrogen-bond acceptors (Lipinski definition) is 5. The summed E-state index contributed by atoms with van der Waals surface area (Å²) in [6, 6.07) is 1.91. The van der Waals surface area contributed by atoms with Crippen LogP contribution in [0.15, 0.2) is 6.07 Å². The SMILES string of the molecule is CNc1cc(N(C)CC2(O)CCCC2)nc(C)n1. The van der Waals surface area contributed by atoms with E-state index in [2.05, 4.69) is 15.3 Å². The number of rotatable bonds is 4. The topological polar surface area (TPSA) is 61.3 Å². The Kier molecular flexibility index (Phi) is 3.71. The summed E-state index contributed by atoms with van der Waals surface area (Å²) in [5.41, 5.74) is -0.548. The van der Waals surface area contributed by atoms with Crippen molar-refractivity contribution in [3.8, 4) is 0 Å². The molecular weight excluding hydrogens is 228 g/mol. The fraction of sp³-hybridized carbons (Fsp3) is 0.692. The lowest BCUT2D eigenvalue weighted by molar-refractivity contribution is 0.0558. The van der Waals surface area contributed by atoms with E-state index in [1.165, 1.54) is 0 Å². The molecule has 0 unspecified atom stereocenters. The minimum Gasteiger partial charge on any atom is -0.388 e. The van der Waals surface area contributed by atoms with Gasteiger partial charge in [0.15, 0.2) is 0 Å². The molecule has 0 bridgehead atoms. The zero-order valence-corrected chi connectivity index (χ0v) is 11.4. The van der Waals surface area contributed by atoms with Crippen LogP contribution in [0.25, 0.3) is 0 Å². The molecule has 0 amide bonds. The van der Waals surface area contributed by atoms with Crippen LogP contribution >= 0.6 is 0 Å². The maximum atomic E-state index is 10.4. The highest BCUT2D eigenvalue weighted by atomic mass is 16.3. The Bertz CT molecular complexity index is 415. The van der Waals surface area contributed by atoms with Gasteiger partial charge in [0.25, 0.3) is 0 Å². The van der Waals surface area contributed by atoms with Gasteiger partial charge in [-0.15, -0.1) is 0 Å². The van der Waals surface area contributed by atoms with E-state index in [4.69, 9.17) is 0 Å². The highest BCUT2D eigenvalue weighted by molar-refractivity contribution is 5.48. The molecule has 1 saturated carbocycles. The molecule has 0 atom stereocenters. The largest absolute Gasteiger partial charge is 0.388 e. The van der Waals surface area contributed by atoms with E-state index in [-0.39, 0.29) is 0 Å². The molecule has 0 aliphatic heterocycles. The molecule has 18 heavy (non-hydrogen) atoms. The lowest BCUT2D eigenvalue weighted by Crippen LogP contribution is -2.39. The lowest BCUT2D eigenvalue weighted by Gasteiger charge is -2.29. The third-order valence-electron chi connectivity index (χ3n) is 3.54. The molecule has 1 aromatic heterocycles. The maximum absolute atomic E-state index is 10.4. The molecule has 1 fully saturated rings. The first-order valence-electron chi connectivity index (χ1n) is 6.49. The summed E-state index contributed by atoms with van der Waals surface area (Å²) in [6.07, 6.45) is 4.02. The number of nitrogens with zero attached hydrogens (tertiary/aromatic N) is 3. The summed E-state index contributed by atoms with van der Waals surface area (Å²) >= 11 is 0. The molecule has 1 heterocycles. The maximum Gasteiger partial charge on any atom is 0.134 e. The van der Waals surface area contributed by atoms with Gasteiger partial charge in [0.05, 0.1) is 5.60 Å². The van der Waals surface area contributed by atoms with E-state index in [0.29, 0.717) is 6.54 Å². The van der Waals surface area contributed by atoms with Crippen molar-refractivity contribution in [2.75, 3.05) is 30.9 Å². The third kappa shape index (κ3) is 2.90. The van der Waals surface area contributed by atoms with Crippen molar-refractivity contribution in [2.45, 2.75) is 38.2 Å². The summed E-state index contributed by atoms with van der Waals surface area (Å²) < 4.78 is 0. The van der Waals surface area contributed by atoms with Crippen molar-refractivity contribution < 1.29 is 5.11 Å². The number of anilines is 2. The van der Waals surface area contributed by atoms with Crippen LogP contribution in [0.2, 0.25) is 0 Å². The molecule has 5 heteroatoms. The summed E-state index contributed by atoms with van der Waals surface area (Å²) in [4.78, 5) is 10.7. The number of aliphatic hydroxyl groups is 1. The first-order chi connectivity index (χ1) is 8.52. The second kappa shape index (κ2) is 5.10. The van der Waals surface area contributed by atoms with Crippen molar-refractivity contribution in [2.24, 2.45) is 0 Å². The Hall–Kier alpha value is -1.36. The number of likely N-dealkylation sites (N-methyl/N-ethyl adjacent to an activating group) is 1. The van der Waals surface area contributed by atoms with Crippen LogP contribution in [0.1, 0.15) is 31.5 Å². The van der Waals surface area contributed by atoms with Gasteiger partial charge in [-0.1, -0.05) is 12.8 Å². The second-order valence-electron chi connectivity index (χ2n) is 5.20. The molecule has 1 aromatic rings. The molecule has 1 aliphatic carbocycles. The molecule has 2 rings (SSSR count). The average Bonchev–Trinajstić information content (AvgIpc) is 2.74. The van der Waals surface area contributed by atoms with Gasteiger partial charge in [-0.05, 0) is 19.8 Å². The Labute approximate surface area is 108 Å². The summed E-state index contributed by atoms with van der Waals surface area (Å²) in [5, 5.41) is 13.4. The van der Waals surface area contributed by atoms with Gasteiger partial charge in [0.1, 0.15) is 17.5 Å². The van der Waals surface area contributed by atoms with Gasteiger partial charge < -0.3 is 15.3 Å². The zero-order chi connectivity index (χ0) is 13.2. The molecule has 2 N–H and O–H groups in total. The molecule has 100 valence electrons. The van der Waals surface area contributed by atoms with Crippen LogP contribution in [0.3, 0.4) is 0 Å². The summed E-state index contributed by atoms with van der Waals surface area (Å²) in [5.74, 6) is 2.40. The van der Waals surface area contributed by atoms with Crippen molar-refractivity contribution in [1.82, 2.24) is 9.97 Å². The predicted molar refractivity (Wildman–Crippen MR) is 73.0 cm³/mol. The van der Waals surface area contributed by atoms with Crippen LogP contribution in [-0.2, 0) is 0 Å². The Morgan fingerprint density at radius 2 is 2.06 bits per heavy atom. The van der Waals surface area contributed by atoms with Crippen molar-refractivity contribution >= 4 is 11.6 Å². The molecule has 0 saturated heterocycles. The minimum absolute atomic E-state index is 0.548. The highest BCUT2D eigenvalue weighted by Gasteiger charge is 2.32. The van der Waals surface area contributed by atoms with Gasteiger partial charge in [-0.3, -0.25) is 0 Å². The first-order valence-corrected chi connectivity index (χ1v) is 6.49. The van der Waals surface area contributed by atoms with Crippen LogP contribution in [-0.4, -0.2) is 41.3 Å². The standard InChI is InChI=1S/C13H22N4O/c1-10-15-11(14-2)8-12(16-10)17(3)9-13(18)6-4-5-7-13/h8,18H,4-7,9H2,1-3H3,(H,14,15,16). The molecule has 5 nitrogen and oxygen atoms in total. The van der Waals surface area contributed by atoms with Gasteiger partial charge in [0.2, 0.25) is 0 Å². The zero-order valence-electron chi connectivity index (χ0n) is 11.4. The van der Waals surface area contributed by atoms with Crippen LogP contribution in [0.5, 0.6) is 0 Å². The van der Waals surface area contributed by atoms with E-state index >= 15 is 0 Å². The highest BCUT2D eigenvalue weighted by Crippen LogP contribution is 2.31. The molecule has 0 radical (unpaired) electrons. The lowest BCUT2D eigenvalue weighted by atomic mass is 10.0. The fourth-order valence-electron chi connectivity index (χ4n) is 2.59. The summed E-state index contributed by atoms with van der Waals surface area (Å²) in [6.45, 7) is 2.51. The van der Waals surface area contributed by atoms with Crippen molar-refractivity contribution in [1.29, 1.82) is 0 Å². The number of aryl methyl sites for hydroxylation is 1. The molecule has 0 spiro atoms. The molecule has 1 aliphatic rings. The Morgan fingerprint density at radius 3 is 2.67 bits per heavy atom. The monoisotopic (exact) mass is 250 g/mol. The number of hydrogen-bond donors (Lipinski definition) is 2. The van der Waals surface area contributed by atoms with E-state index in [9.17, 15) is 5.11 Å². The van der Waals surface area contributed by atoms with Crippen molar-refractivity contribution in [3.05, 3.63) is 11.9 Å². The second-order valence-corrected chi connectivity index (χ2v) is 5.20. The van der Waals surface area contributed by atoms with Crippen LogP contribution < -0.4 is 10.2 Å². The summed E-state index contributed by atoms with van der Waals surface area (Å²) in [7, 11) is 3.81. The van der Waals surface area contributed by atoms with Gasteiger partial charge in [0, 0.05) is 26.7 Å². The minimum atomic E-state index is -0.548. The normalized spacial score (nSPS) is 17.8. The molecular formula is C13H22N4O. The first kappa shape index (κ1) is 13.1. The van der Waals surface area contributed by atoms with Crippen LogP contribution in [0.4, 0.5) is 11.6 Å². The number of nitrogens with one attached hydrogen (secondary N) is 1. The third-order valence-corrected chi connectivity index (χ3v) is 3.54. The van der Waals surface area contributed by atoms with E-state index in [1.54, 1.807) is 0 Å².